The number of nitrogens with one attached hydrogen (secondary N) is 1. The first kappa shape index (κ1) is 14.7. The van der Waals surface area contributed by atoms with E-state index in [1.54, 1.807) is 5.32 Å². The molecule has 0 saturated carbocycles. The van der Waals surface area contributed by atoms with Crippen LogP contribution in [-0.4, -0.2) is 29.8 Å². The Kier molecular flexibility index (Phi) is 4.49. The van der Waals surface area contributed by atoms with Gasteiger partial charge in [-0.25, -0.2) is 13.8 Å². The zero-order valence-electron chi connectivity index (χ0n) is 8.76. The number of nitrogen functional groups attached to an aromatic ring is 1. The number of hydrogen-bond donors (Lipinski definition) is 2. The first-order valence-corrected chi connectivity index (χ1v) is 5.38. The third kappa shape index (κ3) is 3.56. The fourth-order valence-corrected chi connectivity index (χ4v) is 1.33. The summed E-state index contributed by atoms with van der Waals surface area (Å²) in [5.41, 5.74) is 5.19. The van der Waals surface area contributed by atoms with Crippen LogP contribution in [0.2, 0.25) is 0 Å². The molecule has 0 aliphatic heterocycles. The summed E-state index contributed by atoms with van der Waals surface area (Å²) in [7, 11) is 0. The zero-order chi connectivity index (χ0) is 13.9. The fourth-order valence-electron chi connectivity index (χ4n) is 1.00. The number of hydrogen-bond acceptors (Lipinski definition) is 3. The van der Waals surface area contributed by atoms with E-state index < -0.39 is 24.8 Å². The third-order valence-corrected chi connectivity index (χ3v) is 2.37. The number of nitrogens with two attached hydrogens (primary N) is 1. The minimum absolute atomic E-state index is 0.172. The predicted molar refractivity (Wildman–Crippen MR) is 59.6 cm³/mol. The lowest BCUT2D eigenvalue weighted by atomic mass is 10.2. The van der Waals surface area contributed by atoms with Gasteiger partial charge in [0.2, 0.25) is 0 Å². The lowest BCUT2D eigenvalue weighted by Gasteiger charge is -2.16. The predicted octanol–water partition coefficient (Wildman–Crippen LogP) is 2.06. The summed E-state index contributed by atoms with van der Waals surface area (Å²) in [5.74, 6) is -5.47. The molecule has 0 aliphatic rings. The number of carbonyl (C=O) groups excluding carboxylic acids is 1. The van der Waals surface area contributed by atoms with Crippen LogP contribution in [0.5, 0.6) is 0 Å². The van der Waals surface area contributed by atoms with Crippen molar-refractivity contribution in [3.05, 3.63) is 22.3 Å². The van der Waals surface area contributed by atoms with Crippen molar-refractivity contribution in [2.24, 2.45) is 0 Å². The monoisotopic (exact) mass is 329 g/mol. The van der Waals surface area contributed by atoms with E-state index in [-0.39, 0.29) is 11.4 Å². The Bertz CT molecular complexity index is 455. The largest absolute Gasteiger partial charge is 0.383 e. The molecule has 0 aromatic carbocycles. The van der Waals surface area contributed by atoms with Crippen molar-refractivity contribution >= 4 is 27.7 Å². The van der Waals surface area contributed by atoms with Crippen molar-refractivity contribution in [3.8, 4) is 0 Å². The zero-order valence-corrected chi connectivity index (χ0v) is 10.3. The van der Waals surface area contributed by atoms with Crippen LogP contribution >= 0.6 is 15.9 Å². The molecule has 9 heteroatoms. The van der Waals surface area contributed by atoms with E-state index in [2.05, 4.69) is 20.9 Å². The number of halogens is 5. The van der Waals surface area contributed by atoms with Crippen LogP contribution in [0.15, 0.2) is 16.7 Å². The molecule has 4 nitrogen and oxygen atoms in total. The van der Waals surface area contributed by atoms with E-state index in [4.69, 9.17) is 5.73 Å². The molecule has 0 aliphatic carbocycles. The Morgan fingerprint density at radius 2 is 2.17 bits per heavy atom. The maximum absolute atomic E-state index is 12.6. The van der Waals surface area contributed by atoms with Crippen molar-refractivity contribution in [2.45, 2.75) is 12.3 Å². The van der Waals surface area contributed by atoms with E-state index in [0.717, 1.165) is 0 Å². The van der Waals surface area contributed by atoms with Crippen LogP contribution in [0.25, 0.3) is 0 Å². The highest BCUT2D eigenvalue weighted by molar-refractivity contribution is 9.10. The second-order valence-corrected chi connectivity index (χ2v) is 4.25. The number of carbonyl (C=O) groups is 1. The molecule has 0 atom stereocenters. The third-order valence-electron chi connectivity index (χ3n) is 1.93. The van der Waals surface area contributed by atoms with Crippen LogP contribution in [0, 0.1) is 0 Å². The van der Waals surface area contributed by atoms with Crippen molar-refractivity contribution in [1.82, 2.24) is 10.3 Å². The minimum atomic E-state index is -4.29. The van der Waals surface area contributed by atoms with Crippen LogP contribution in [-0.2, 0) is 0 Å². The average Bonchev–Trinajstić information content (AvgIpc) is 2.29. The van der Waals surface area contributed by atoms with Gasteiger partial charge in [-0.05, 0) is 22.0 Å². The lowest BCUT2D eigenvalue weighted by Crippen LogP contribution is -2.41. The standard InChI is InChI=1S/C9H8BrF4N3O/c10-4-1-5(6(15)16-2-4)7(18)17-3-9(13,14)8(11)12/h1-2,8H,3H2,(H2,15,16)(H,17,18). The number of nitrogens with zero attached hydrogens (tertiary/aromatic N) is 1. The SMILES string of the molecule is Nc1ncc(Br)cc1C(=O)NCC(F)(F)C(F)F. The summed E-state index contributed by atoms with van der Waals surface area (Å²) in [4.78, 5) is 15.1. The molecule has 0 bridgehead atoms. The van der Waals surface area contributed by atoms with Gasteiger partial charge in [0.05, 0.1) is 12.1 Å². The molecular weight excluding hydrogens is 322 g/mol. The van der Waals surface area contributed by atoms with Crippen LogP contribution < -0.4 is 11.1 Å². The topological polar surface area (TPSA) is 68.0 Å². The Labute approximate surface area is 108 Å². The summed E-state index contributed by atoms with van der Waals surface area (Å²) in [6.45, 7) is -1.48. The smallest absolute Gasteiger partial charge is 0.324 e. The molecule has 1 rings (SSSR count). The number of anilines is 1. The maximum atomic E-state index is 12.6. The number of rotatable bonds is 4. The number of amides is 1. The van der Waals surface area contributed by atoms with Crippen molar-refractivity contribution in [3.63, 3.8) is 0 Å². The maximum Gasteiger partial charge on any atom is 0.324 e. The molecule has 0 fully saturated rings. The summed E-state index contributed by atoms with van der Waals surface area (Å²) in [6.07, 6.45) is -2.55. The van der Waals surface area contributed by atoms with E-state index in [0.29, 0.717) is 4.47 Å². The normalized spacial score (nSPS) is 11.7. The minimum Gasteiger partial charge on any atom is -0.383 e. The van der Waals surface area contributed by atoms with E-state index >= 15 is 0 Å². The van der Waals surface area contributed by atoms with Crippen molar-refractivity contribution in [2.75, 3.05) is 12.3 Å². The van der Waals surface area contributed by atoms with Gasteiger partial charge in [-0.3, -0.25) is 4.79 Å². The summed E-state index contributed by atoms with van der Waals surface area (Å²) in [5, 5.41) is 1.68. The second-order valence-electron chi connectivity index (χ2n) is 3.33. The molecule has 0 saturated heterocycles. The summed E-state index contributed by atoms with van der Waals surface area (Å²) < 4.78 is 49.3. The van der Waals surface area contributed by atoms with Crippen LogP contribution in [0.1, 0.15) is 10.4 Å². The Balaban J connectivity index is 2.75. The molecule has 18 heavy (non-hydrogen) atoms. The van der Waals surface area contributed by atoms with Gasteiger partial charge in [-0.1, -0.05) is 0 Å². The first-order valence-electron chi connectivity index (χ1n) is 4.59. The van der Waals surface area contributed by atoms with Gasteiger partial charge < -0.3 is 11.1 Å². The molecule has 1 heterocycles. The van der Waals surface area contributed by atoms with Crippen molar-refractivity contribution in [1.29, 1.82) is 0 Å². The van der Waals surface area contributed by atoms with E-state index in [1.165, 1.54) is 12.3 Å². The van der Waals surface area contributed by atoms with Gasteiger partial charge in [0, 0.05) is 10.7 Å². The molecule has 1 aromatic heterocycles. The number of alkyl halides is 4. The van der Waals surface area contributed by atoms with Crippen LogP contribution in [0.4, 0.5) is 23.4 Å². The average molecular weight is 330 g/mol. The summed E-state index contributed by atoms with van der Waals surface area (Å²) in [6, 6.07) is 1.25. The van der Waals surface area contributed by atoms with Gasteiger partial charge in [-0.15, -0.1) is 0 Å². The van der Waals surface area contributed by atoms with Gasteiger partial charge in [0.1, 0.15) is 5.82 Å². The Morgan fingerprint density at radius 3 is 2.72 bits per heavy atom. The lowest BCUT2D eigenvalue weighted by molar-refractivity contribution is -0.123. The van der Waals surface area contributed by atoms with Crippen LogP contribution in [0.3, 0.4) is 0 Å². The Hall–Kier alpha value is -1.38. The number of pyridine rings is 1. The van der Waals surface area contributed by atoms with Gasteiger partial charge >= 0.3 is 12.3 Å². The van der Waals surface area contributed by atoms with Gasteiger partial charge in [-0.2, -0.15) is 8.78 Å². The highest BCUT2D eigenvalue weighted by Gasteiger charge is 2.40. The highest BCUT2D eigenvalue weighted by atomic mass is 79.9. The molecule has 1 aromatic rings. The molecule has 3 N–H and O–H groups in total. The fraction of sp³-hybridized carbons (Fsp3) is 0.333. The molecule has 1 amide bonds. The first-order chi connectivity index (χ1) is 8.24. The van der Waals surface area contributed by atoms with Gasteiger partial charge in [0.15, 0.2) is 0 Å². The molecular formula is C9H8BrF4N3O. The molecule has 0 radical (unpaired) electrons. The Morgan fingerprint density at radius 1 is 1.56 bits per heavy atom. The molecule has 0 spiro atoms. The summed E-state index contributed by atoms with van der Waals surface area (Å²) >= 11 is 3.01. The number of aromatic nitrogens is 1. The second kappa shape index (κ2) is 5.51. The van der Waals surface area contributed by atoms with Gasteiger partial charge in [0.25, 0.3) is 5.91 Å². The molecule has 0 unspecified atom stereocenters. The highest BCUT2D eigenvalue weighted by Crippen LogP contribution is 2.22. The van der Waals surface area contributed by atoms with E-state index in [9.17, 15) is 22.4 Å². The van der Waals surface area contributed by atoms with E-state index in [1.807, 2.05) is 0 Å². The quantitative estimate of drug-likeness (QED) is 0.831. The molecule has 100 valence electrons. The van der Waals surface area contributed by atoms with Crippen molar-refractivity contribution < 1.29 is 22.4 Å².